The molecule has 1 heterocycles. The molecule has 0 saturated carbocycles. The average molecular weight is 340 g/mol. The van der Waals surface area contributed by atoms with Gasteiger partial charge in [0.15, 0.2) is 6.61 Å². The fraction of sp³-hybridized carbons (Fsp3) is 0.250. The fourth-order valence-electron chi connectivity index (χ4n) is 2.09. The summed E-state index contributed by atoms with van der Waals surface area (Å²) in [5, 5.41) is 0.380. The van der Waals surface area contributed by atoms with Crippen LogP contribution in [0.15, 0.2) is 24.3 Å². The molecule has 0 fully saturated rings. The topological polar surface area (TPSA) is 48.3 Å². The number of carbonyl (C=O) groups excluding carboxylic acids is 2. The predicted molar refractivity (Wildman–Crippen MR) is 86.0 cm³/mol. The number of rotatable bonds is 4. The number of aryl methyl sites for hydroxylation is 1. The number of halogens is 2. The van der Waals surface area contributed by atoms with E-state index < -0.39 is 5.97 Å². The van der Waals surface area contributed by atoms with Gasteiger partial charge in [0.1, 0.15) is 0 Å². The highest BCUT2D eigenvalue weighted by Gasteiger charge is 2.18. The van der Waals surface area contributed by atoms with Crippen LogP contribution in [0.1, 0.15) is 32.1 Å². The van der Waals surface area contributed by atoms with Gasteiger partial charge in [-0.2, -0.15) is 0 Å². The van der Waals surface area contributed by atoms with Crippen molar-refractivity contribution in [2.45, 2.75) is 13.8 Å². The third kappa shape index (κ3) is 3.18. The number of Topliss-reactive ketones (excluding diaryl/α,β-unsaturated/α-hetero) is 1. The summed E-state index contributed by atoms with van der Waals surface area (Å²) >= 11 is 11.8. The van der Waals surface area contributed by atoms with Crippen molar-refractivity contribution >= 4 is 35.0 Å². The van der Waals surface area contributed by atoms with Gasteiger partial charge in [0.2, 0.25) is 5.78 Å². The van der Waals surface area contributed by atoms with E-state index in [1.54, 1.807) is 18.2 Å². The van der Waals surface area contributed by atoms with Gasteiger partial charge in [-0.05, 0) is 32.0 Å². The van der Waals surface area contributed by atoms with Crippen LogP contribution in [0.25, 0.3) is 0 Å². The Bertz CT molecular complexity index is 750. The molecule has 0 atom stereocenters. The van der Waals surface area contributed by atoms with Crippen molar-refractivity contribution in [1.82, 2.24) is 4.57 Å². The predicted octanol–water partition coefficient (Wildman–Crippen LogP) is 3.99. The Morgan fingerprint density at radius 3 is 2.45 bits per heavy atom. The molecule has 0 aliphatic heterocycles. The van der Waals surface area contributed by atoms with E-state index in [0.29, 0.717) is 5.56 Å². The Hall–Kier alpha value is -1.78. The lowest BCUT2D eigenvalue weighted by Crippen LogP contribution is -2.15. The van der Waals surface area contributed by atoms with E-state index >= 15 is 0 Å². The van der Waals surface area contributed by atoms with E-state index in [-0.39, 0.29) is 28.0 Å². The van der Waals surface area contributed by atoms with Gasteiger partial charge in [-0.15, -0.1) is 0 Å². The van der Waals surface area contributed by atoms with Crippen LogP contribution in [0.4, 0.5) is 0 Å². The van der Waals surface area contributed by atoms with Crippen LogP contribution in [0, 0.1) is 13.8 Å². The number of ether oxygens (including phenoxy) is 1. The SMILES string of the molecule is Cc1cc(C(=O)COC(=O)c2cccc(Cl)c2Cl)c(C)n1C. The molecule has 0 radical (unpaired) electrons. The largest absolute Gasteiger partial charge is 0.454 e. The second kappa shape index (κ2) is 6.55. The molecule has 0 spiro atoms. The van der Waals surface area contributed by atoms with Crippen molar-refractivity contribution in [3.05, 3.63) is 56.8 Å². The Labute approximate surface area is 138 Å². The van der Waals surface area contributed by atoms with E-state index in [1.165, 1.54) is 6.07 Å². The number of benzene rings is 1. The van der Waals surface area contributed by atoms with Crippen LogP contribution in [-0.4, -0.2) is 22.9 Å². The number of hydrogen-bond donors (Lipinski definition) is 0. The molecule has 22 heavy (non-hydrogen) atoms. The second-order valence-electron chi connectivity index (χ2n) is 4.94. The summed E-state index contributed by atoms with van der Waals surface area (Å²) in [5.74, 6) is -0.932. The molecule has 0 N–H and O–H groups in total. The zero-order valence-electron chi connectivity index (χ0n) is 12.4. The Morgan fingerprint density at radius 2 is 1.86 bits per heavy atom. The van der Waals surface area contributed by atoms with Gasteiger partial charge >= 0.3 is 5.97 Å². The van der Waals surface area contributed by atoms with E-state index in [9.17, 15) is 9.59 Å². The highest BCUT2D eigenvalue weighted by atomic mass is 35.5. The second-order valence-corrected chi connectivity index (χ2v) is 5.73. The summed E-state index contributed by atoms with van der Waals surface area (Å²) in [7, 11) is 1.87. The van der Waals surface area contributed by atoms with E-state index in [0.717, 1.165) is 11.4 Å². The molecule has 2 aromatic rings. The average Bonchev–Trinajstić information content (AvgIpc) is 2.75. The van der Waals surface area contributed by atoms with Crippen LogP contribution in [0.2, 0.25) is 10.0 Å². The summed E-state index contributed by atoms with van der Waals surface area (Å²) in [6.07, 6.45) is 0. The van der Waals surface area contributed by atoms with Gasteiger partial charge in [-0.25, -0.2) is 4.79 Å². The highest BCUT2D eigenvalue weighted by Crippen LogP contribution is 2.26. The molecule has 6 heteroatoms. The van der Waals surface area contributed by atoms with Crippen LogP contribution in [0.3, 0.4) is 0 Å². The normalized spacial score (nSPS) is 10.6. The van der Waals surface area contributed by atoms with Gasteiger partial charge in [-0.3, -0.25) is 4.79 Å². The maximum atomic E-state index is 12.2. The molecule has 0 saturated heterocycles. The van der Waals surface area contributed by atoms with Crippen LogP contribution in [-0.2, 0) is 11.8 Å². The van der Waals surface area contributed by atoms with Gasteiger partial charge in [0, 0.05) is 24.0 Å². The molecule has 2 rings (SSSR count). The minimum Gasteiger partial charge on any atom is -0.454 e. The van der Waals surface area contributed by atoms with Crippen molar-refractivity contribution in [3.8, 4) is 0 Å². The Kier molecular flexibility index (Phi) is 4.94. The molecule has 1 aromatic heterocycles. The molecule has 0 unspecified atom stereocenters. The summed E-state index contributed by atoms with van der Waals surface area (Å²) in [6.45, 7) is 3.41. The minimum absolute atomic E-state index is 0.119. The molecule has 0 aliphatic rings. The first kappa shape index (κ1) is 16.6. The standard InChI is InChI=1S/C16H15Cl2NO3/c1-9-7-12(10(2)19(9)3)14(20)8-22-16(21)11-5-4-6-13(17)15(11)18/h4-7H,8H2,1-3H3. The summed E-state index contributed by atoms with van der Waals surface area (Å²) in [4.78, 5) is 24.2. The molecule has 0 bridgehead atoms. The Balaban J connectivity index is 2.09. The zero-order chi connectivity index (χ0) is 16.4. The molecule has 0 aliphatic carbocycles. The van der Waals surface area contributed by atoms with E-state index in [4.69, 9.17) is 27.9 Å². The Morgan fingerprint density at radius 1 is 1.18 bits per heavy atom. The molecule has 1 aromatic carbocycles. The smallest absolute Gasteiger partial charge is 0.340 e. The number of esters is 1. The third-order valence-electron chi connectivity index (χ3n) is 3.58. The lowest BCUT2D eigenvalue weighted by Gasteiger charge is -2.07. The first-order valence-corrected chi connectivity index (χ1v) is 7.35. The lowest BCUT2D eigenvalue weighted by atomic mass is 10.1. The van der Waals surface area contributed by atoms with Crippen molar-refractivity contribution in [3.63, 3.8) is 0 Å². The third-order valence-corrected chi connectivity index (χ3v) is 4.40. The summed E-state index contributed by atoms with van der Waals surface area (Å²) < 4.78 is 6.95. The van der Waals surface area contributed by atoms with Gasteiger partial charge in [0.25, 0.3) is 0 Å². The van der Waals surface area contributed by atoms with Crippen molar-refractivity contribution in [1.29, 1.82) is 0 Å². The number of ketones is 1. The first-order chi connectivity index (χ1) is 10.3. The maximum absolute atomic E-state index is 12.2. The monoisotopic (exact) mass is 339 g/mol. The molecule has 4 nitrogen and oxygen atoms in total. The van der Waals surface area contributed by atoms with Crippen molar-refractivity contribution < 1.29 is 14.3 Å². The van der Waals surface area contributed by atoms with E-state index in [1.807, 2.05) is 25.5 Å². The van der Waals surface area contributed by atoms with Crippen LogP contribution < -0.4 is 0 Å². The summed E-state index contributed by atoms with van der Waals surface area (Å²) in [6, 6.07) is 6.44. The zero-order valence-corrected chi connectivity index (χ0v) is 14.0. The lowest BCUT2D eigenvalue weighted by molar-refractivity contribution is 0.0474. The highest BCUT2D eigenvalue weighted by molar-refractivity contribution is 6.43. The molecular formula is C16H15Cl2NO3. The number of nitrogens with zero attached hydrogens (tertiary/aromatic N) is 1. The number of aromatic nitrogens is 1. The molecule has 116 valence electrons. The quantitative estimate of drug-likeness (QED) is 0.625. The number of hydrogen-bond acceptors (Lipinski definition) is 3. The van der Waals surface area contributed by atoms with Crippen LogP contribution >= 0.6 is 23.2 Å². The number of carbonyl (C=O) groups is 2. The summed E-state index contributed by atoms with van der Waals surface area (Å²) in [5.41, 5.74) is 2.48. The van der Waals surface area contributed by atoms with E-state index in [2.05, 4.69) is 0 Å². The van der Waals surface area contributed by atoms with Gasteiger partial charge in [0.05, 0.1) is 15.6 Å². The van der Waals surface area contributed by atoms with Crippen molar-refractivity contribution in [2.75, 3.05) is 6.61 Å². The van der Waals surface area contributed by atoms with Gasteiger partial charge in [-0.1, -0.05) is 29.3 Å². The van der Waals surface area contributed by atoms with Crippen LogP contribution in [0.5, 0.6) is 0 Å². The molecular weight excluding hydrogens is 325 g/mol. The van der Waals surface area contributed by atoms with Crippen molar-refractivity contribution in [2.24, 2.45) is 7.05 Å². The minimum atomic E-state index is -0.675. The first-order valence-electron chi connectivity index (χ1n) is 6.60. The maximum Gasteiger partial charge on any atom is 0.340 e. The van der Waals surface area contributed by atoms with Gasteiger partial charge < -0.3 is 9.30 Å². The molecule has 0 amide bonds. The fourth-order valence-corrected chi connectivity index (χ4v) is 2.46.